The summed E-state index contributed by atoms with van der Waals surface area (Å²) in [7, 11) is -2.47. The Labute approximate surface area is 164 Å². The minimum atomic E-state index is -2.47. The second kappa shape index (κ2) is 8.28. The number of furan rings is 1. The molecule has 0 aliphatic heterocycles. The maximum absolute atomic E-state index is 7.07. The molecule has 2 nitrogen and oxygen atoms in total. The number of benzene rings is 2. The van der Waals surface area contributed by atoms with E-state index in [2.05, 4.69) is 88.4 Å². The maximum atomic E-state index is 7.07. The number of rotatable bonds is 7. The molecule has 0 amide bonds. The average molecular weight is 379 g/mol. The van der Waals surface area contributed by atoms with E-state index in [9.17, 15) is 0 Å². The Hall–Kier alpha value is -2.10. The fourth-order valence-electron chi connectivity index (χ4n) is 3.85. The van der Waals surface area contributed by atoms with Crippen molar-refractivity contribution in [2.45, 2.75) is 51.7 Å². The average Bonchev–Trinajstić information content (AvgIpc) is 3.18. The summed E-state index contributed by atoms with van der Waals surface area (Å²) in [5.74, 6) is 1.02. The minimum Gasteiger partial charge on any atom is -0.469 e. The van der Waals surface area contributed by atoms with Gasteiger partial charge in [-0.3, -0.25) is 0 Å². The van der Waals surface area contributed by atoms with Crippen molar-refractivity contribution in [1.29, 1.82) is 0 Å². The maximum Gasteiger partial charge on any atom is 0.261 e. The molecule has 0 fully saturated rings. The molecule has 0 saturated heterocycles. The van der Waals surface area contributed by atoms with Crippen LogP contribution in [0.15, 0.2) is 83.5 Å². The largest absolute Gasteiger partial charge is 0.469 e. The Balaban J connectivity index is 1.98. The number of aryl methyl sites for hydroxylation is 1. The van der Waals surface area contributed by atoms with Crippen LogP contribution in [0, 0.1) is 0 Å². The van der Waals surface area contributed by atoms with Crippen LogP contribution in [0.2, 0.25) is 5.04 Å². The predicted octanol–water partition coefficient (Wildman–Crippen LogP) is 5.18. The smallest absolute Gasteiger partial charge is 0.261 e. The fraction of sp³-hybridized carbons (Fsp3) is 0.333. The van der Waals surface area contributed by atoms with E-state index in [4.69, 9.17) is 8.84 Å². The highest BCUT2D eigenvalue weighted by Crippen LogP contribution is 2.37. The van der Waals surface area contributed by atoms with Crippen LogP contribution in [0.3, 0.4) is 0 Å². The molecule has 0 radical (unpaired) electrons. The van der Waals surface area contributed by atoms with Crippen molar-refractivity contribution in [3.63, 3.8) is 0 Å². The third-order valence-electron chi connectivity index (χ3n) is 5.17. The molecule has 1 aromatic heterocycles. The molecule has 3 heteroatoms. The second-order valence-electron chi connectivity index (χ2n) is 8.21. The molecule has 0 spiro atoms. The lowest BCUT2D eigenvalue weighted by atomic mass is 10.2. The van der Waals surface area contributed by atoms with Gasteiger partial charge in [-0.2, -0.15) is 0 Å². The Kier molecular flexibility index (Phi) is 6.03. The van der Waals surface area contributed by atoms with Crippen LogP contribution >= 0.6 is 0 Å². The lowest BCUT2D eigenvalue weighted by Gasteiger charge is -2.44. The highest BCUT2D eigenvalue weighted by Gasteiger charge is 2.50. The van der Waals surface area contributed by atoms with Gasteiger partial charge in [-0.15, -0.1) is 0 Å². The molecule has 0 unspecified atom stereocenters. The molecule has 0 aliphatic rings. The van der Waals surface area contributed by atoms with E-state index in [1.165, 1.54) is 10.4 Å². The normalized spacial score (nSPS) is 13.5. The van der Waals surface area contributed by atoms with Gasteiger partial charge in [0.05, 0.1) is 6.26 Å². The number of hydrogen-bond donors (Lipinski definition) is 0. The highest BCUT2D eigenvalue weighted by atomic mass is 28.4. The van der Waals surface area contributed by atoms with Crippen LogP contribution in [0.4, 0.5) is 0 Å². The van der Waals surface area contributed by atoms with Gasteiger partial charge < -0.3 is 8.84 Å². The van der Waals surface area contributed by atoms with Crippen molar-refractivity contribution in [1.82, 2.24) is 0 Å². The van der Waals surface area contributed by atoms with Crippen LogP contribution in [0.5, 0.6) is 0 Å². The first-order valence-electron chi connectivity index (χ1n) is 9.75. The summed E-state index contributed by atoms with van der Waals surface area (Å²) in [6.45, 7) is 9.15. The highest BCUT2D eigenvalue weighted by molar-refractivity contribution is 6.99. The zero-order chi connectivity index (χ0) is 19.3. The van der Waals surface area contributed by atoms with Gasteiger partial charge in [-0.25, -0.2) is 0 Å². The van der Waals surface area contributed by atoms with E-state index < -0.39 is 8.32 Å². The second-order valence-corrected chi connectivity index (χ2v) is 12.5. The zero-order valence-corrected chi connectivity index (χ0v) is 17.8. The molecule has 0 N–H and O–H groups in total. The molecule has 1 atom stereocenters. The van der Waals surface area contributed by atoms with Gasteiger partial charge in [0.25, 0.3) is 8.32 Å². The van der Waals surface area contributed by atoms with Crippen LogP contribution in [-0.4, -0.2) is 14.4 Å². The molecule has 0 bridgehead atoms. The quantitative estimate of drug-likeness (QED) is 0.529. The number of hydrogen-bond acceptors (Lipinski definition) is 2. The predicted molar refractivity (Wildman–Crippen MR) is 115 cm³/mol. The summed E-state index contributed by atoms with van der Waals surface area (Å²) in [4.78, 5) is 0. The first-order chi connectivity index (χ1) is 12.9. The van der Waals surface area contributed by atoms with Crippen molar-refractivity contribution in [3.05, 3.63) is 84.8 Å². The summed E-state index contributed by atoms with van der Waals surface area (Å²) in [5, 5.41) is 2.66. The molecular weight excluding hydrogens is 348 g/mol. The van der Waals surface area contributed by atoms with Crippen molar-refractivity contribution in [2.75, 3.05) is 0 Å². The van der Waals surface area contributed by atoms with Crippen molar-refractivity contribution in [2.24, 2.45) is 0 Å². The molecule has 3 aromatic rings. The lowest BCUT2D eigenvalue weighted by Crippen LogP contribution is -2.67. The minimum absolute atomic E-state index is 0.00858. The van der Waals surface area contributed by atoms with Gasteiger partial charge in [-0.1, -0.05) is 81.4 Å². The molecule has 3 rings (SSSR count). The van der Waals surface area contributed by atoms with E-state index in [0.717, 1.165) is 18.6 Å². The summed E-state index contributed by atoms with van der Waals surface area (Å²) < 4.78 is 12.6. The monoisotopic (exact) mass is 378 g/mol. The Bertz CT molecular complexity index is 765. The summed E-state index contributed by atoms with van der Waals surface area (Å²) >= 11 is 0. The van der Waals surface area contributed by atoms with Crippen molar-refractivity contribution >= 4 is 18.7 Å². The summed E-state index contributed by atoms with van der Waals surface area (Å²) in [5.41, 5.74) is 0. The standard InChI is InChI=1S/C24H30O2Si/c1-20(17-18-21-12-11-19-25-21)26-27(24(2,3)4,22-13-7-5-8-14-22)23-15-9-6-10-16-23/h5-16,19-20H,17-18H2,1-4H3/t20-/m0/s1. The molecule has 2 aromatic carbocycles. The molecule has 27 heavy (non-hydrogen) atoms. The molecular formula is C24H30O2Si. The van der Waals surface area contributed by atoms with Gasteiger partial charge in [0.2, 0.25) is 0 Å². The SMILES string of the molecule is C[C@@H](CCc1ccco1)O[Si](c1ccccc1)(c1ccccc1)C(C)(C)C. The molecule has 142 valence electrons. The van der Waals surface area contributed by atoms with Crippen molar-refractivity contribution < 1.29 is 8.84 Å². The van der Waals surface area contributed by atoms with E-state index in [0.29, 0.717) is 0 Å². The van der Waals surface area contributed by atoms with Gasteiger partial charge >= 0.3 is 0 Å². The fourth-order valence-corrected chi connectivity index (χ4v) is 8.59. The third kappa shape index (κ3) is 4.25. The van der Waals surface area contributed by atoms with Gasteiger partial charge in [-0.05, 0) is 40.9 Å². The van der Waals surface area contributed by atoms with Crippen LogP contribution < -0.4 is 10.4 Å². The van der Waals surface area contributed by atoms with Crippen LogP contribution in [0.1, 0.15) is 39.9 Å². The summed E-state index contributed by atoms with van der Waals surface area (Å²) in [6.07, 6.45) is 3.72. The summed E-state index contributed by atoms with van der Waals surface area (Å²) in [6, 6.07) is 25.6. The van der Waals surface area contributed by atoms with E-state index in [1.807, 2.05) is 12.1 Å². The van der Waals surface area contributed by atoms with Crippen LogP contribution in [0.25, 0.3) is 0 Å². The Morgan fingerprint density at radius 1 is 0.852 bits per heavy atom. The van der Waals surface area contributed by atoms with Gasteiger partial charge in [0.1, 0.15) is 5.76 Å². The molecule has 0 saturated carbocycles. The zero-order valence-electron chi connectivity index (χ0n) is 16.8. The van der Waals surface area contributed by atoms with Gasteiger partial charge in [0.15, 0.2) is 0 Å². The first-order valence-corrected chi connectivity index (χ1v) is 11.7. The Morgan fingerprint density at radius 3 is 1.85 bits per heavy atom. The van der Waals surface area contributed by atoms with Crippen molar-refractivity contribution in [3.8, 4) is 0 Å². The van der Waals surface area contributed by atoms with E-state index >= 15 is 0 Å². The van der Waals surface area contributed by atoms with E-state index in [1.54, 1.807) is 6.26 Å². The lowest BCUT2D eigenvalue weighted by molar-refractivity contribution is 0.194. The molecule has 1 heterocycles. The Morgan fingerprint density at radius 2 is 1.41 bits per heavy atom. The first kappa shape index (κ1) is 19.7. The van der Waals surface area contributed by atoms with Crippen LogP contribution in [-0.2, 0) is 10.8 Å². The van der Waals surface area contributed by atoms with E-state index in [-0.39, 0.29) is 11.1 Å². The topological polar surface area (TPSA) is 22.4 Å². The molecule has 0 aliphatic carbocycles. The third-order valence-corrected chi connectivity index (χ3v) is 10.3. The van der Waals surface area contributed by atoms with Gasteiger partial charge in [0, 0.05) is 12.5 Å².